The lowest BCUT2D eigenvalue weighted by molar-refractivity contribution is -0.240. The van der Waals surface area contributed by atoms with Gasteiger partial charge in [0, 0.05) is 0 Å². The highest BCUT2D eigenvalue weighted by atomic mass is 32.2. The van der Waals surface area contributed by atoms with Gasteiger partial charge in [-0.15, -0.1) is 0 Å². The summed E-state index contributed by atoms with van der Waals surface area (Å²) in [7, 11) is 0. The van der Waals surface area contributed by atoms with Gasteiger partial charge in [0.15, 0.2) is 5.79 Å². The summed E-state index contributed by atoms with van der Waals surface area (Å²) in [4.78, 5) is 0. The minimum Gasteiger partial charge on any atom is -0.348 e. The Kier molecular flexibility index (Phi) is 17.4. The molecular formula is C19H40O5S. The van der Waals surface area contributed by atoms with E-state index in [1.807, 2.05) is 6.92 Å². The zero-order chi connectivity index (χ0) is 18.8. The van der Waals surface area contributed by atoms with E-state index in [0.29, 0.717) is 19.8 Å². The summed E-state index contributed by atoms with van der Waals surface area (Å²) in [5.74, 6) is -0.873. The first-order valence-corrected chi connectivity index (χ1v) is 11.0. The van der Waals surface area contributed by atoms with E-state index in [9.17, 15) is 4.21 Å². The van der Waals surface area contributed by atoms with Crippen LogP contribution in [0.2, 0.25) is 0 Å². The van der Waals surface area contributed by atoms with Gasteiger partial charge < -0.3 is 9.47 Å². The van der Waals surface area contributed by atoms with Crippen LogP contribution in [-0.2, 0) is 29.2 Å². The van der Waals surface area contributed by atoms with Crippen molar-refractivity contribution < 1.29 is 22.0 Å². The SMILES string of the molecule is CCCCCCCOC(C)(COS(=O)OCC)OCCCCCCC. The standard InChI is InChI=1S/C19H40O5S/c1-5-8-10-12-14-16-21-19(4,18-24-25(20)23-7-3)22-17-15-13-11-9-6-2/h5-18H2,1-4H3. The van der Waals surface area contributed by atoms with Gasteiger partial charge in [0.1, 0.15) is 6.61 Å². The molecule has 0 amide bonds. The summed E-state index contributed by atoms with van der Waals surface area (Å²) in [6, 6.07) is 0. The van der Waals surface area contributed by atoms with Crippen molar-refractivity contribution in [2.75, 3.05) is 26.4 Å². The molecule has 0 heterocycles. The molecule has 0 aliphatic heterocycles. The van der Waals surface area contributed by atoms with Crippen molar-refractivity contribution in [2.24, 2.45) is 0 Å². The van der Waals surface area contributed by atoms with Crippen molar-refractivity contribution in [2.45, 2.75) is 97.7 Å². The monoisotopic (exact) mass is 380 g/mol. The summed E-state index contributed by atoms with van der Waals surface area (Å²) >= 11 is -1.75. The summed E-state index contributed by atoms with van der Waals surface area (Å²) in [5.41, 5.74) is 0. The highest BCUT2D eigenvalue weighted by Crippen LogP contribution is 2.17. The summed E-state index contributed by atoms with van der Waals surface area (Å²) in [5, 5.41) is 0. The molecule has 152 valence electrons. The molecule has 0 radical (unpaired) electrons. The van der Waals surface area contributed by atoms with Crippen molar-refractivity contribution in [3.63, 3.8) is 0 Å². The second kappa shape index (κ2) is 17.4. The topological polar surface area (TPSA) is 54.0 Å². The lowest BCUT2D eigenvalue weighted by atomic mass is 10.1. The Hall–Kier alpha value is -0.0100. The van der Waals surface area contributed by atoms with Crippen LogP contribution >= 0.6 is 0 Å². The fraction of sp³-hybridized carbons (Fsp3) is 1.00. The Bertz CT molecular complexity index is 296. The molecule has 0 aromatic rings. The fourth-order valence-corrected chi connectivity index (χ4v) is 2.97. The lowest BCUT2D eigenvalue weighted by Crippen LogP contribution is -2.39. The molecule has 0 rings (SSSR count). The predicted molar refractivity (Wildman–Crippen MR) is 104 cm³/mol. The first-order valence-electron chi connectivity index (χ1n) is 10.0. The third kappa shape index (κ3) is 15.9. The van der Waals surface area contributed by atoms with E-state index in [2.05, 4.69) is 13.8 Å². The van der Waals surface area contributed by atoms with Gasteiger partial charge in [0.2, 0.25) is 0 Å². The molecule has 0 bridgehead atoms. The zero-order valence-electron chi connectivity index (χ0n) is 16.8. The maximum Gasteiger partial charge on any atom is 0.304 e. The number of unbranched alkanes of at least 4 members (excludes halogenated alkanes) is 8. The van der Waals surface area contributed by atoms with Crippen molar-refractivity contribution in [3.8, 4) is 0 Å². The van der Waals surface area contributed by atoms with Crippen LogP contribution in [0.3, 0.4) is 0 Å². The van der Waals surface area contributed by atoms with E-state index in [0.717, 1.165) is 25.7 Å². The van der Waals surface area contributed by atoms with Gasteiger partial charge in [0.05, 0.1) is 19.8 Å². The van der Waals surface area contributed by atoms with Crippen molar-refractivity contribution >= 4 is 11.4 Å². The minimum atomic E-state index is -1.75. The molecule has 1 unspecified atom stereocenters. The molecule has 0 fully saturated rings. The van der Waals surface area contributed by atoms with E-state index in [1.54, 1.807) is 6.92 Å². The molecule has 0 saturated carbocycles. The number of ether oxygens (including phenoxy) is 2. The average Bonchev–Trinajstić information content (AvgIpc) is 2.60. The quantitative estimate of drug-likeness (QED) is 0.224. The van der Waals surface area contributed by atoms with Crippen LogP contribution in [0.4, 0.5) is 0 Å². The summed E-state index contributed by atoms with van der Waals surface area (Å²) < 4.78 is 33.6. The molecular weight excluding hydrogens is 340 g/mol. The van der Waals surface area contributed by atoms with E-state index >= 15 is 0 Å². The maximum absolute atomic E-state index is 11.5. The van der Waals surface area contributed by atoms with E-state index in [1.165, 1.54) is 38.5 Å². The van der Waals surface area contributed by atoms with Gasteiger partial charge in [-0.2, -0.15) is 4.21 Å². The third-order valence-electron chi connectivity index (χ3n) is 3.94. The van der Waals surface area contributed by atoms with Gasteiger partial charge >= 0.3 is 11.4 Å². The highest BCUT2D eigenvalue weighted by molar-refractivity contribution is 7.75. The molecule has 1 atom stereocenters. The van der Waals surface area contributed by atoms with Crippen molar-refractivity contribution in [1.29, 1.82) is 0 Å². The van der Waals surface area contributed by atoms with Crippen LogP contribution in [-0.4, -0.2) is 36.4 Å². The minimum absolute atomic E-state index is 0.101. The number of rotatable bonds is 19. The van der Waals surface area contributed by atoms with Crippen molar-refractivity contribution in [3.05, 3.63) is 0 Å². The van der Waals surface area contributed by atoms with Crippen LogP contribution in [0.25, 0.3) is 0 Å². The van der Waals surface area contributed by atoms with Gasteiger partial charge in [-0.25, -0.2) is 0 Å². The molecule has 0 saturated heterocycles. The molecule has 0 aromatic heterocycles. The normalized spacial score (nSPS) is 13.3. The highest BCUT2D eigenvalue weighted by Gasteiger charge is 2.27. The zero-order valence-corrected chi connectivity index (χ0v) is 17.7. The van der Waals surface area contributed by atoms with Crippen molar-refractivity contribution in [1.82, 2.24) is 0 Å². The van der Waals surface area contributed by atoms with E-state index in [4.69, 9.17) is 17.8 Å². The third-order valence-corrected chi connectivity index (χ3v) is 4.68. The van der Waals surface area contributed by atoms with Crippen LogP contribution in [0.1, 0.15) is 91.9 Å². The molecule has 0 aliphatic rings. The second-order valence-electron chi connectivity index (χ2n) is 6.53. The van der Waals surface area contributed by atoms with E-state index in [-0.39, 0.29) is 6.61 Å². The van der Waals surface area contributed by atoms with Gasteiger partial charge in [0.25, 0.3) is 0 Å². The molecule has 0 N–H and O–H groups in total. The Morgan fingerprint density at radius 2 is 1.20 bits per heavy atom. The number of hydrogen-bond donors (Lipinski definition) is 0. The Morgan fingerprint density at radius 3 is 1.64 bits per heavy atom. The summed E-state index contributed by atoms with van der Waals surface area (Å²) in [6.07, 6.45) is 11.8. The van der Waals surface area contributed by atoms with Crippen LogP contribution in [0.5, 0.6) is 0 Å². The first-order chi connectivity index (χ1) is 12.1. The molecule has 25 heavy (non-hydrogen) atoms. The van der Waals surface area contributed by atoms with E-state index < -0.39 is 17.1 Å². The fourth-order valence-electron chi connectivity index (χ4n) is 2.40. The molecule has 0 aromatic carbocycles. The van der Waals surface area contributed by atoms with Crippen LogP contribution in [0, 0.1) is 0 Å². The largest absolute Gasteiger partial charge is 0.348 e. The molecule has 6 heteroatoms. The second-order valence-corrected chi connectivity index (χ2v) is 7.41. The number of hydrogen-bond acceptors (Lipinski definition) is 5. The first kappa shape index (κ1) is 25.0. The molecule has 0 spiro atoms. The van der Waals surface area contributed by atoms with Gasteiger partial charge in [-0.05, 0) is 26.7 Å². The Balaban J connectivity index is 4.16. The maximum atomic E-state index is 11.5. The smallest absolute Gasteiger partial charge is 0.304 e. The Labute approximate surface area is 158 Å². The molecule has 5 nitrogen and oxygen atoms in total. The van der Waals surface area contributed by atoms with Gasteiger partial charge in [-0.1, -0.05) is 65.2 Å². The van der Waals surface area contributed by atoms with Gasteiger partial charge in [-0.3, -0.25) is 8.37 Å². The summed E-state index contributed by atoms with van der Waals surface area (Å²) in [6.45, 7) is 9.74. The van der Waals surface area contributed by atoms with Crippen LogP contribution in [0.15, 0.2) is 0 Å². The van der Waals surface area contributed by atoms with Crippen LogP contribution < -0.4 is 0 Å². The lowest BCUT2D eigenvalue weighted by Gasteiger charge is -2.29. The average molecular weight is 381 g/mol. The molecule has 0 aliphatic carbocycles. The Morgan fingerprint density at radius 1 is 0.720 bits per heavy atom. The predicted octanol–water partition coefficient (Wildman–Crippen LogP) is 5.31.